The molecule has 0 aromatic rings. The van der Waals surface area contributed by atoms with E-state index in [-0.39, 0.29) is 31.6 Å². The van der Waals surface area contributed by atoms with Crippen LogP contribution in [0, 0.1) is 0 Å². The van der Waals surface area contributed by atoms with Crippen molar-refractivity contribution in [1.82, 2.24) is 0 Å². The van der Waals surface area contributed by atoms with Crippen molar-refractivity contribution in [1.29, 1.82) is 0 Å². The third kappa shape index (κ3) is 52.3. The van der Waals surface area contributed by atoms with E-state index in [0.29, 0.717) is 19.3 Å². The van der Waals surface area contributed by atoms with Gasteiger partial charge in [0.2, 0.25) is 0 Å². The van der Waals surface area contributed by atoms with Crippen LogP contribution >= 0.6 is 0 Å². The van der Waals surface area contributed by atoms with Crippen molar-refractivity contribution in [2.75, 3.05) is 13.2 Å². The van der Waals surface area contributed by atoms with Gasteiger partial charge in [0.25, 0.3) is 0 Å². The second kappa shape index (κ2) is 54.9. The zero-order valence-electron chi connectivity index (χ0n) is 43.3. The smallest absolute Gasteiger partial charge is 0.306 e. The van der Waals surface area contributed by atoms with Crippen LogP contribution in [0.4, 0.5) is 0 Å². The summed E-state index contributed by atoms with van der Waals surface area (Å²) in [6.45, 7) is 6.26. The second-order valence-electron chi connectivity index (χ2n) is 17.1. The summed E-state index contributed by atoms with van der Waals surface area (Å²) in [7, 11) is 0. The molecule has 0 rings (SSSR count). The third-order valence-corrected chi connectivity index (χ3v) is 10.7. The van der Waals surface area contributed by atoms with Crippen molar-refractivity contribution >= 4 is 17.9 Å². The molecule has 0 aliphatic carbocycles. The van der Waals surface area contributed by atoms with Crippen LogP contribution < -0.4 is 0 Å². The first-order valence-electron chi connectivity index (χ1n) is 26.9. The molecule has 0 heterocycles. The molecule has 68 heavy (non-hydrogen) atoms. The van der Waals surface area contributed by atoms with Gasteiger partial charge in [0.1, 0.15) is 13.2 Å². The van der Waals surface area contributed by atoms with E-state index in [0.717, 1.165) is 128 Å². The van der Waals surface area contributed by atoms with E-state index >= 15 is 0 Å². The van der Waals surface area contributed by atoms with Gasteiger partial charge in [-0.05, 0) is 109 Å². The van der Waals surface area contributed by atoms with Gasteiger partial charge in [0.15, 0.2) is 6.10 Å². The Bertz CT molecular complexity index is 1540. The van der Waals surface area contributed by atoms with Gasteiger partial charge in [-0.25, -0.2) is 0 Å². The zero-order valence-corrected chi connectivity index (χ0v) is 43.3. The molecular weight excluding hydrogens is 841 g/mol. The van der Waals surface area contributed by atoms with Crippen molar-refractivity contribution in [2.24, 2.45) is 0 Å². The van der Waals surface area contributed by atoms with Crippen LogP contribution in [0.3, 0.4) is 0 Å². The third-order valence-electron chi connectivity index (χ3n) is 10.7. The summed E-state index contributed by atoms with van der Waals surface area (Å²) in [4.78, 5) is 38.1. The van der Waals surface area contributed by atoms with Crippen LogP contribution in [0.15, 0.2) is 146 Å². The molecule has 0 spiro atoms. The Morgan fingerprint density at radius 1 is 0.324 bits per heavy atom. The largest absolute Gasteiger partial charge is 0.462 e. The Hall–Kier alpha value is -4.71. The molecule has 0 fully saturated rings. The van der Waals surface area contributed by atoms with E-state index < -0.39 is 12.1 Å². The lowest BCUT2D eigenvalue weighted by atomic mass is 10.1. The molecule has 1 unspecified atom stereocenters. The lowest BCUT2D eigenvalue weighted by Gasteiger charge is -2.18. The fourth-order valence-corrected chi connectivity index (χ4v) is 6.69. The minimum atomic E-state index is -0.840. The van der Waals surface area contributed by atoms with E-state index in [1.807, 2.05) is 12.2 Å². The number of hydrogen-bond donors (Lipinski definition) is 0. The van der Waals surface area contributed by atoms with Gasteiger partial charge in [-0.3, -0.25) is 14.4 Å². The molecule has 0 bridgehead atoms. The van der Waals surface area contributed by atoms with Gasteiger partial charge < -0.3 is 14.2 Å². The number of carbonyl (C=O) groups excluding carboxylic acids is 3. The molecular formula is C62H96O6. The molecule has 0 saturated heterocycles. The molecule has 0 aliphatic heterocycles. The fraction of sp³-hybridized carbons (Fsp3) is 0.565. The van der Waals surface area contributed by atoms with Crippen molar-refractivity contribution in [3.63, 3.8) is 0 Å². The highest BCUT2D eigenvalue weighted by Crippen LogP contribution is 2.12. The molecule has 1 atom stereocenters. The van der Waals surface area contributed by atoms with Crippen LogP contribution in [0.2, 0.25) is 0 Å². The molecule has 6 heteroatoms. The topological polar surface area (TPSA) is 78.9 Å². The number of carbonyl (C=O) groups is 3. The highest BCUT2D eigenvalue weighted by molar-refractivity contribution is 5.71. The van der Waals surface area contributed by atoms with E-state index in [4.69, 9.17) is 14.2 Å². The summed E-state index contributed by atoms with van der Waals surface area (Å²) in [5.74, 6) is -1.06. The Morgan fingerprint density at radius 3 is 1.09 bits per heavy atom. The van der Waals surface area contributed by atoms with Gasteiger partial charge >= 0.3 is 17.9 Å². The molecule has 0 N–H and O–H groups in total. The van der Waals surface area contributed by atoms with Crippen molar-refractivity contribution in [3.05, 3.63) is 146 Å². The number of hydrogen-bond acceptors (Lipinski definition) is 6. The normalized spacial score (nSPS) is 13.3. The lowest BCUT2D eigenvalue weighted by molar-refractivity contribution is -0.166. The van der Waals surface area contributed by atoms with Crippen molar-refractivity contribution in [2.45, 2.75) is 213 Å². The van der Waals surface area contributed by atoms with E-state index in [9.17, 15) is 14.4 Å². The predicted octanol–water partition coefficient (Wildman–Crippen LogP) is 18.0. The number of esters is 3. The summed E-state index contributed by atoms with van der Waals surface area (Å²) in [5.41, 5.74) is 0. The lowest BCUT2D eigenvalue weighted by Crippen LogP contribution is -2.30. The molecule has 0 aromatic heterocycles. The van der Waals surface area contributed by atoms with Crippen LogP contribution in [-0.4, -0.2) is 37.2 Å². The zero-order chi connectivity index (χ0) is 49.3. The quantitative estimate of drug-likeness (QED) is 0.0199. The average Bonchev–Trinajstić information content (AvgIpc) is 3.34. The fourth-order valence-electron chi connectivity index (χ4n) is 6.69. The highest BCUT2D eigenvalue weighted by atomic mass is 16.6. The first kappa shape index (κ1) is 63.3. The summed E-state index contributed by atoms with van der Waals surface area (Å²) >= 11 is 0. The van der Waals surface area contributed by atoms with Crippen LogP contribution in [-0.2, 0) is 28.6 Å². The van der Waals surface area contributed by atoms with E-state index in [1.54, 1.807) is 0 Å². The highest BCUT2D eigenvalue weighted by Gasteiger charge is 2.19. The van der Waals surface area contributed by atoms with Crippen LogP contribution in [0.1, 0.15) is 207 Å². The average molecular weight is 937 g/mol. The van der Waals surface area contributed by atoms with E-state index in [1.165, 1.54) is 32.1 Å². The van der Waals surface area contributed by atoms with Crippen LogP contribution in [0.5, 0.6) is 0 Å². The molecule has 0 saturated carbocycles. The minimum Gasteiger partial charge on any atom is -0.462 e. The van der Waals surface area contributed by atoms with Gasteiger partial charge in [0.05, 0.1) is 0 Å². The number of unbranched alkanes of at least 4 members (excludes halogenated alkanes) is 14. The maximum Gasteiger partial charge on any atom is 0.306 e. The monoisotopic (exact) mass is 937 g/mol. The Morgan fingerprint density at radius 2 is 0.662 bits per heavy atom. The summed E-state index contributed by atoms with van der Waals surface area (Å²) in [6, 6.07) is 0. The Labute approximate surface area is 417 Å². The van der Waals surface area contributed by atoms with Crippen molar-refractivity contribution < 1.29 is 28.6 Å². The first-order chi connectivity index (χ1) is 33.5. The van der Waals surface area contributed by atoms with Gasteiger partial charge in [-0.15, -0.1) is 0 Å². The minimum absolute atomic E-state index is 0.129. The Balaban J connectivity index is 4.60. The van der Waals surface area contributed by atoms with Gasteiger partial charge in [-0.1, -0.05) is 224 Å². The summed E-state index contributed by atoms with van der Waals surface area (Å²) < 4.78 is 16.7. The first-order valence-corrected chi connectivity index (χ1v) is 26.9. The molecule has 0 amide bonds. The number of allylic oxidation sites excluding steroid dienone is 24. The molecule has 0 aliphatic rings. The Kier molecular flexibility index (Phi) is 51.1. The van der Waals surface area contributed by atoms with Crippen LogP contribution in [0.25, 0.3) is 0 Å². The SMILES string of the molecule is CC/C=C\C/C=C\C/C=C\C/C=C\C/C=C\CCC(=O)OC(COC(=O)CCCCCCC\C=C/C=C\C=C/C=C\CCCCC)COC(=O)CCCCCCCC/C=C\C/C=C\C/C=C\CC. The summed E-state index contributed by atoms with van der Waals surface area (Å²) in [5, 5.41) is 0. The molecule has 0 aromatic carbocycles. The second-order valence-corrected chi connectivity index (χ2v) is 17.1. The van der Waals surface area contributed by atoms with Gasteiger partial charge in [-0.2, -0.15) is 0 Å². The molecule has 0 radical (unpaired) electrons. The standard InChI is InChI=1S/C62H96O6/c1-4-7-10-13-16-19-22-25-28-31-32-35-37-40-43-46-49-52-55-61(64)67-58-59(68-62(65)56-53-50-47-44-41-38-34-30-27-24-21-18-15-12-9-6-3)57-66-60(63)54-51-48-45-42-39-36-33-29-26-23-20-17-14-11-8-5-2/h8-9,11-12,16-22,25-32,35,38,41,47,50,59H,4-7,10,13-15,23-24,33-34,36-37,39-40,42-46,48-49,51-58H2,1-3H3/b11-8-,12-9-,19-16-,20-17-,21-18-,25-22-,29-26-,30-27-,31-28-,35-32-,41-38-,50-47-. The molecule has 6 nitrogen and oxygen atoms in total. The van der Waals surface area contributed by atoms with E-state index in [2.05, 4.69) is 154 Å². The maximum absolute atomic E-state index is 12.8. The maximum atomic E-state index is 12.8. The van der Waals surface area contributed by atoms with Gasteiger partial charge in [0, 0.05) is 19.3 Å². The summed E-state index contributed by atoms with van der Waals surface area (Å²) in [6.07, 6.45) is 78.4. The number of rotatable bonds is 46. The van der Waals surface area contributed by atoms with Crippen molar-refractivity contribution in [3.8, 4) is 0 Å². The number of ether oxygens (including phenoxy) is 3. The molecule has 380 valence electrons. The predicted molar refractivity (Wildman–Crippen MR) is 292 cm³/mol.